The molecule has 3 amide bonds. The Morgan fingerprint density at radius 2 is 2.09 bits per heavy atom. The number of anilines is 1. The van der Waals surface area contributed by atoms with Crippen molar-refractivity contribution < 1.29 is 19.1 Å². The Balaban J connectivity index is 0.00000363. The predicted octanol–water partition coefficient (Wildman–Crippen LogP) is 1.10. The van der Waals surface area contributed by atoms with Gasteiger partial charge in [0, 0.05) is 44.2 Å². The van der Waals surface area contributed by atoms with Crippen LogP contribution in [0, 0.1) is 0 Å². The fraction of sp³-hybridized carbons (Fsp3) is 0.421. The summed E-state index contributed by atoms with van der Waals surface area (Å²) < 4.78 is 5.12. The number of fused-ring (bicyclic) bond motifs is 1. The number of hydrogen-bond donors (Lipinski definition) is 3. The van der Waals surface area contributed by atoms with Crippen LogP contribution in [0.25, 0.3) is 0 Å². The molecule has 0 aliphatic carbocycles. The molecule has 13 heteroatoms. The third-order valence-electron chi connectivity index (χ3n) is 4.50. The lowest BCUT2D eigenvalue weighted by Gasteiger charge is -2.20. The minimum absolute atomic E-state index is 0. The van der Waals surface area contributed by atoms with Crippen LogP contribution >= 0.6 is 35.3 Å². The zero-order valence-corrected chi connectivity index (χ0v) is 19.9. The quantitative estimate of drug-likeness (QED) is 0.484. The summed E-state index contributed by atoms with van der Waals surface area (Å²) in [5.41, 5.74) is 0.956. The van der Waals surface area contributed by atoms with Crippen LogP contribution in [0.5, 0.6) is 0 Å². The van der Waals surface area contributed by atoms with Gasteiger partial charge in [0.25, 0.3) is 5.91 Å². The molecule has 0 saturated carbocycles. The van der Waals surface area contributed by atoms with Gasteiger partial charge in [-0.3, -0.25) is 14.4 Å². The van der Waals surface area contributed by atoms with Gasteiger partial charge in [-0.2, -0.15) is 0 Å². The number of methoxy groups -OCH3 is 1. The number of hydrogen-bond acceptors (Lipinski definition) is 8. The van der Waals surface area contributed by atoms with E-state index in [9.17, 15) is 14.4 Å². The molecule has 174 valence electrons. The van der Waals surface area contributed by atoms with Gasteiger partial charge >= 0.3 is 11.8 Å². The fourth-order valence-electron chi connectivity index (χ4n) is 2.94. The SMILES string of the molecule is COC[C@H](CNC(=O)C(=O)Nc1ccc(Cl)cn1)NC(=O)c1nc2c(s1)CN(C)CC2.Cl. The molecule has 0 saturated heterocycles. The third-order valence-corrected chi connectivity index (χ3v) is 5.81. The van der Waals surface area contributed by atoms with E-state index in [4.69, 9.17) is 16.3 Å². The Kier molecular flexibility index (Phi) is 9.79. The van der Waals surface area contributed by atoms with E-state index in [1.54, 1.807) is 6.07 Å². The van der Waals surface area contributed by atoms with E-state index >= 15 is 0 Å². The molecule has 0 fully saturated rings. The Bertz CT molecular complexity index is 956. The molecule has 0 unspecified atom stereocenters. The number of carbonyl (C=O) groups excluding carboxylic acids is 3. The van der Waals surface area contributed by atoms with E-state index < -0.39 is 17.9 Å². The van der Waals surface area contributed by atoms with E-state index in [1.807, 2.05) is 7.05 Å². The average molecular weight is 503 g/mol. The van der Waals surface area contributed by atoms with Crippen LogP contribution in [-0.2, 0) is 27.3 Å². The normalized spacial score (nSPS) is 14.0. The minimum atomic E-state index is -0.881. The molecule has 3 N–H and O–H groups in total. The van der Waals surface area contributed by atoms with Crippen LogP contribution in [-0.4, -0.2) is 72.5 Å². The molecule has 3 rings (SSSR count). The van der Waals surface area contributed by atoms with Gasteiger partial charge in [-0.15, -0.1) is 23.7 Å². The van der Waals surface area contributed by atoms with Crippen molar-refractivity contribution in [3.05, 3.63) is 38.9 Å². The maximum atomic E-state index is 12.6. The molecule has 2 aromatic heterocycles. The van der Waals surface area contributed by atoms with Gasteiger partial charge in [0.15, 0.2) is 5.01 Å². The van der Waals surface area contributed by atoms with Crippen molar-refractivity contribution in [1.82, 2.24) is 25.5 Å². The van der Waals surface area contributed by atoms with Crippen LogP contribution < -0.4 is 16.0 Å². The first-order valence-electron chi connectivity index (χ1n) is 9.53. The molecule has 10 nitrogen and oxygen atoms in total. The zero-order chi connectivity index (χ0) is 22.4. The van der Waals surface area contributed by atoms with Crippen LogP contribution in [0.3, 0.4) is 0 Å². The summed E-state index contributed by atoms with van der Waals surface area (Å²) >= 11 is 7.11. The second-order valence-corrected chi connectivity index (χ2v) is 8.55. The lowest BCUT2D eigenvalue weighted by Crippen LogP contribution is -2.48. The molecule has 1 atom stereocenters. The first kappa shape index (κ1) is 25.9. The highest BCUT2D eigenvalue weighted by Crippen LogP contribution is 2.24. The number of likely N-dealkylation sites (N-methyl/N-ethyl adjacent to an activating group) is 1. The number of rotatable bonds is 7. The molecule has 1 aliphatic heterocycles. The highest BCUT2D eigenvalue weighted by Gasteiger charge is 2.24. The van der Waals surface area contributed by atoms with Gasteiger partial charge in [0.2, 0.25) is 0 Å². The summed E-state index contributed by atoms with van der Waals surface area (Å²) in [5, 5.41) is 8.45. The Labute approximate surface area is 200 Å². The first-order chi connectivity index (χ1) is 14.9. The highest BCUT2D eigenvalue weighted by molar-refractivity contribution is 7.13. The Morgan fingerprint density at radius 3 is 2.78 bits per heavy atom. The lowest BCUT2D eigenvalue weighted by atomic mass is 10.2. The predicted molar refractivity (Wildman–Crippen MR) is 123 cm³/mol. The molecule has 0 spiro atoms. The van der Waals surface area contributed by atoms with Crippen molar-refractivity contribution in [1.29, 1.82) is 0 Å². The number of pyridine rings is 1. The van der Waals surface area contributed by atoms with Crippen LogP contribution in [0.2, 0.25) is 5.02 Å². The monoisotopic (exact) mass is 502 g/mol. The van der Waals surface area contributed by atoms with Crippen LogP contribution in [0.1, 0.15) is 20.4 Å². The van der Waals surface area contributed by atoms with Crippen molar-refractivity contribution >= 4 is 58.9 Å². The smallest absolute Gasteiger partial charge is 0.314 e. The van der Waals surface area contributed by atoms with Crippen molar-refractivity contribution in [2.45, 2.75) is 19.0 Å². The molecular formula is C19H24Cl2N6O4S. The van der Waals surface area contributed by atoms with Gasteiger partial charge in [-0.1, -0.05) is 11.6 Å². The third kappa shape index (κ3) is 7.10. The van der Waals surface area contributed by atoms with Crippen molar-refractivity contribution in [3.8, 4) is 0 Å². The summed E-state index contributed by atoms with van der Waals surface area (Å²) in [6.07, 6.45) is 2.17. The van der Waals surface area contributed by atoms with E-state index in [0.717, 1.165) is 30.1 Å². The zero-order valence-electron chi connectivity index (χ0n) is 17.5. The van der Waals surface area contributed by atoms with E-state index in [0.29, 0.717) is 10.0 Å². The van der Waals surface area contributed by atoms with E-state index in [2.05, 4.69) is 30.8 Å². The number of nitrogens with zero attached hydrogens (tertiary/aromatic N) is 3. The number of aromatic nitrogens is 2. The maximum Gasteiger partial charge on any atom is 0.314 e. The van der Waals surface area contributed by atoms with Gasteiger partial charge in [-0.05, 0) is 19.2 Å². The van der Waals surface area contributed by atoms with Crippen LogP contribution in [0.4, 0.5) is 5.82 Å². The molecule has 32 heavy (non-hydrogen) atoms. The molecule has 1 aliphatic rings. The van der Waals surface area contributed by atoms with Gasteiger partial charge < -0.3 is 25.6 Å². The molecule has 0 bridgehead atoms. The maximum absolute atomic E-state index is 12.6. The summed E-state index contributed by atoms with van der Waals surface area (Å²) in [7, 11) is 3.51. The number of nitrogens with one attached hydrogen (secondary N) is 3. The van der Waals surface area contributed by atoms with Gasteiger partial charge in [0.05, 0.1) is 23.4 Å². The summed E-state index contributed by atoms with van der Waals surface area (Å²) in [5.74, 6) is -1.88. The fourth-order valence-corrected chi connectivity index (χ4v) is 4.14. The lowest BCUT2D eigenvalue weighted by molar-refractivity contribution is -0.136. The topological polar surface area (TPSA) is 126 Å². The van der Waals surface area contributed by atoms with E-state index in [-0.39, 0.29) is 37.3 Å². The first-order valence-corrected chi connectivity index (χ1v) is 10.7. The van der Waals surface area contributed by atoms with Crippen molar-refractivity contribution in [3.63, 3.8) is 0 Å². The summed E-state index contributed by atoms with van der Waals surface area (Å²) in [4.78, 5) is 48.4. The number of halogens is 2. The largest absolute Gasteiger partial charge is 0.382 e. The second kappa shape index (κ2) is 12.1. The molecule has 0 aromatic carbocycles. The standard InChI is InChI=1S/C19H23ClN6O4S.ClH/c1-26-6-5-13-14(9-26)31-19(24-13)18(29)23-12(10-30-2)8-22-16(27)17(28)25-15-4-3-11(20)7-21-15;/h3-4,7,12H,5-6,8-10H2,1-2H3,(H,22,27)(H,23,29)(H,21,25,28);1H/t12-;/m0./s1. The minimum Gasteiger partial charge on any atom is -0.382 e. The average Bonchev–Trinajstić information content (AvgIpc) is 3.17. The van der Waals surface area contributed by atoms with Crippen LogP contribution in [0.15, 0.2) is 18.3 Å². The Hall–Kier alpha value is -2.31. The summed E-state index contributed by atoms with van der Waals surface area (Å²) in [6, 6.07) is 2.49. The highest BCUT2D eigenvalue weighted by atomic mass is 35.5. The molecule has 2 aromatic rings. The van der Waals surface area contributed by atoms with E-state index in [1.165, 1.54) is 30.7 Å². The summed E-state index contributed by atoms with van der Waals surface area (Å²) in [6.45, 7) is 1.84. The number of amides is 3. The number of thiazole rings is 1. The van der Waals surface area contributed by atoms with Crippen molar-refractivity contribution in [2.75, 3.05) is 39.2 Å². The van der Waals surface area contributed by atoms with Crippen molar-refractivity contribution in [2.24, 2.45) is 0 Å². The number of carbonyl (C=O) groups is 3. The van der Waals surface area contributed by atoms with Gasteiger partial charge in [-0.25, -0.2) is 9.97 Å². The second-order valence-electron chi connectivity index (χ2n) is 7.03. The number of ether oxygens (including phenoxy) is 1. The molecule has 0 radical (unpaired) electrons. The molecule has 3 heterocycles. The Morgan fingerprint density at radius 1 is 1.31 bits per heavy atom. The molecular weight excluding hydrogens is 479 g/mol. The van der Waals surface area contributed by atoms with Gasteiger partial charge in [0.1, 0.15) is 5.82 Å².